The van der Waals surface area contributed by atoms with Gasteiger partial charge in [0.2, 0.25) is 0 Å². The quantitative estimate of drug-likeness (QED) is 0.455. The fraction of sp³-hybridized carbons (Fsp3) is 0.750. The number of fused-ring (bicyclic) bond motifs is 4. The zero-order valence-corrected chi connectivity index (χ0v) is 23.6. The van der Waals surface area contributed by atoms with Crippen molar-refractivity contribution in [1.29, 1.82) is 0 Å². The number of hydrogen-bond donors (Lipinski definition) is 1. The summed E-state index contributed by atoms with van der Waals surface area (Å²) < 4.78 is 12.3. The molecule has 1 aromatic rings. The molecular weight excluding hydrogens is 446 g/mol. The van der Waals surface area contributed by atoms with Crippen molar-refractivity contribution >= 4 is 5.69 Å². The van der Waals surface area contributed by atoms with Crippen LogP contribution in [0.15, 0.2) is 35.4 Å². The van der Waals surface area contributed by atoms with Crippen LogP contribution in [0.2, 0.25) is 0 Å². The van der Waals surface area contributed by atoms with Gasteiger partial charge in [-0.25, -0.2) is 0 Å². The molecule has 0 amide bonds. The molecule has 4 fully saturated rings. The lowest BCUT2D eigenvalue weighted by Gasteiger charge is -2.54. The molecule has 1 saturated heterocycles. The molecule has 200 valence electrons. The van der Waals surface area contributed by atoms with Gasteiger partial charge in [0.1, 0.15) is 0 Å². The zero-order chi connectivity index (χ0) is 25.7. The molecular formula is C32H49NO3. The van der Waals surface area contributed by atoms with Crippen LogP contribution in [-0.2, 0) is 9.47 Å². The van der Waals surface area contributed by atoms with Gasteiger partial charge in [-0.2, -0.15) is 0 Å². The Balaban J connectivity index is 0.00000130. The molecule has 4 aliphatic carbocycles. The molecule has 0 bridgehead atoms. The molecule has 1 aliphatic heterocycles. The highest BCUT2D eigenvalue weighted by Crippen LogP contribution is 2.64. The third kappa shape index (κ3) is 4.25. The van der Waals surface area contributed by atoms with E-state index in [-0.39, 0.29) is 17.3 Å². The molecule has 3 saturated carbocycles. The Labute approximate surface area is 219 Å². The molecule has 36 heavy (non-hydrogen) atoms. The minimum atomic E-state index is -0.313. The van der Waals surface area contributed by atoms with E-state index in [1.54, 1.807) is 11.1 Å². The maximum atomic E-state index is 11.1. The summed E-state index contributed by atoms with van der Waals surface area (Å²) >= 11 is 0. The second kappa shape index (κ2) is 10.1. The van der Waals surface area contributed by atoms with Crippen molar-refractivity contribution in [3.63, 3.8) is 0 Å². The second-order valence-corrected chi connectivity index (χ2v) is 12.4. The first-order valence-electron chi connectivity index (χ1n) is 14.8. The monoisotopic (exact) mass is 495 g/mol. The van der Waals surface area contributed by atoms with Gasteiger partial charge in [-0.15, -0.1) is 0 Å². The molecule has 4 heteroatoms. The summed E-state index contributed by atoms with van der Waals surface area (Å²) in [4.78, 5) is 2.34. The highest BCUT2D eigenvalue weighted by molar-refractivity contribution is 5.50. The van der Waals surface area contributed by atoms with E-state index in [0.717, 1.165) is 45.3 Å². The number of anilines is 1. The number of hydrogen-bond acceptors (Lipinski definition) is 4. The number of rotatable bonds is 3. The summed E-state index contributed by atoms with van der Waals surface area (Å²) in [6.07, 6.45) is 8.75. The Morgan fingerprint density at radius 2 is 1.67 bits per heavy atom. The zero-order valence-electron chi connectivity index (χ0n) is 23.6. The first kappa shape index (κ1) is 26.3. The average Bonchev–Trinajstić information content (AvgIpc) is 3.47. The Bertz CT molecular complexity index is 947. The van der Waals surface area contributed by atoms with E-state index in [1.165, 1.54) is 30.5 Å². The molecule has 0 radical (unpaired) electrons. The molecule has 1 aromatic carbocycles. The van der Waals surface area contributed by atoms with Gasteiger partial charge in [0.25, 0.3) is 0 Å². The lowest BCUT2D eigenvalue weighted by atomic mass is 9.52. The van der Waals surface area contributed by atoms with Crippen molar-refractivity contribution in [2.45, 2.75) is 110 Å². The summed E-state index contributed by atoms with van der Waals surface area (Å²) in [6.45, 7) is 12.4. The predicted molar refractivity (Wildman–Crippen MR) is 147 cm³/mol. The molecule has 6 rings (SSSR count). The van der Waals surface area contributed by atoms with Crippen LogP contribution in [0.1, 0.15) is 97.5 Å². The maximum Gasteiger partial charge on any atom is 0.169 e. The largest absolute Gasteiger partial charge is 0.393 e. The van der Waals surface area contributed by atoms with Gasteiger partial charge in [-0.1, -0.05) is 44.1 Å². The minimum Gasteiger partial charge on any atom is -0.393 e. The van der Waals surface area contributed by atoms with E-state index >= 15 is 0 Å². The second-order valence-electron chi connectivity index (χ2n) is 12.4. The average molecular weight is 496 g/mol. The van der Waals surface area contributed by atoms with Crippen LogP contribution in [0.5, 0.6) is 0 Å². The van der Waals surface area contributed by atoms with Crippen molar-refractivity contribution in [3.05, 3.63) is 41.0 Å². The van der Waals surface area contributed by atoms with Gasteiger partial charge in [-0.05, 0) is 93.2 Å². The summed E-state index contributed by atoms with van der Waals surface area (Å²) in [6, 6.07) is 9.87. The van der Waals surface area contributed by atoms with Crippen LogP contribution < -0.4 is 4.90 Å². The predicted octanol–water partition coefficient (Wildman–Crippen LogP) is 7.07. The van der Waals surface area contributed by atoms with Crippen LogP contribution in [0.3, 0.4) is 0 Å². The van der Waals surface area contributed by atoms with Crippen LogP contribution >= 0.6 is 0 Å². The number of benzene rings is 1. The molecule has 0 aromatic heterocycles. The van der Waals surface area contributed by atoms with Crippen LogP contribution in [0.4, 0.5) is 5.69 Å². The number of nitrogens with zero attached hydrogens (tertiary/aromatic N) is 1. The smallest absolute Gasteiger partial charge is 0.169 e. The third-order valence-corrected chi connectivity index (χ3v) is 10.6. The number of ether oxygens (including phenoxy) is 2. The number of allylic oxidation sites excluding steroid dienone is 2. The number of aliphatic hydroxyl groups excluding tert-OH is 1. The van der Waals surface area contributed by atoms with Gasteiger partial charge in [0.05, 0.1) is 19.3 Å². The standard InChI is InChI=1S/C30H43NO3.C2H6/c1-19(2)31(4)22-8-5-20(6-9-22)25-18-29(3)26(11-12-27(29)32)24-10-7-21-17-30(33-15-16-34-30)14-13-23(21)28(24)25;1-2/h5-6,8-9,19,21,24-27,32H,7,10-18H2,1-4H3;1-2H3. The van der Waals surface area contributed by atoms with E-state index in [4.69, 9.17) is 9.47 Å². The van der Waals surface area contributed by atoms with Crippen LogP contribution in [0.25, 0.3) is 0 Å². The normalized spacial score (nSPS) is 36.7. The van der Waals surface area contributed by atoms with Crippen LogP contribution in [0, 0.1) is 23.2 Å². The lowest BCUT2D eigenvalue weighted by molar-refractivity contribution is -0.181. The molecule has 6 unspecified atom stereocenters. The first-order valence-corrected chi connectivity index (χ1v) is 14.8. The highest BCUT2D eigenvalue weighted by atomic mass is 16.7. The van der Waals surface area contributed by atoms with E-state index in [9.17, 15) is 5.11 Å². The summed E-state index contributed by atoms with van der Waals surface area (Å²) in [5, 5.41) is 11.1. The SMILES string of the molecule is CC.CC(C)N(C)c1ccc(C2CC3(C)C(O)CCC3C3CCC4CC5(CCC4=C23)OCCO5)cc1. The van der Waals surface area contributed by atoms with Gasteiger partial charge < -0.3 is 19.5 Å². The summed E-state index contributed by atoms with van der Waals surface area (Å²) in [5.74, 6) is 1.97. The van der Waals surface area contributed by atoms with Crippen molar-refractivity contribution in [2.24, 2.45) is 23.2 Å². The third-order valence-electron chi connectivity index (χ3n) is 10.6. The molecule has 4 nitrogen and oxygen atoms in total. The topological polar surface area (TPSA) is 41.9 Å². The van der Waals surface area contributed by atoms with Gasteiger partial charge in [-0.3, -0.25) is 0 Å². The van der Waals surface area contributed by atoms with E-state index in [2.05, 4.69) is 57.0 Å². The number of aliphatic hydroxyl groups is 1. The molecule has 6 atom stereocenters. The molecule has 5 aliphatic rings. The maximum absolute atomic E-state index is 11.1. The molecule has 1 spiro atoms. The summed E-state index contributed by atoms with van der Waals surface area (Å²) in [7, 11) is 2.18. The highest BCUT2D eigenvalue weighted by Gasteiger charge is 2.57. The summed E-state index contributed by atoms with van der Waals surface area (Å²) in [5.41, 5.74) is 6.25. The minimum absolute atomic E-state index is 0.0349. The van der Waals surface area contributed by atoms with Crippen LogP contribution in [-0.4, -0.2) is 43.3 Å². The van der Waals surface area contributed by atoms with Crippen molar-refractivity contribution in [3.8, 4) is 0 Å². The van der Waals surface area contributed by atoms with Crippen molar-refractivity contribution in [2.75, 3.05) is 25.2 Å². The Kier molecular flexibility index (Phi) is 7.35. The van der Waals surface area contributed by atoms with Gasteiger partial charge in [0, 0.05) is 37.5 Å². The first-order chi connectivity index (χ1) is 17.3. The Hall–Kier alpha value is -1.36. The lowest BCUT2D eigenvalue weighted by Crippen LogP contribution is -2.47. The fourth-order valence-electron chi connectivity index (χ4n) is 8.50. The Morgan fingerprint density at radius 1 is 0.972 bits per heavy atom. The Morgan fingerprint density at radius 3 is 2.33 bits per heavy atom. The molecule has 1 N–H and O–H groups in total. The fourth-order valence-corrected chi connectivity index (χ4v) is 8.50. The van der Waals surface area contributed by atoms with E-state index in [0.29, 0.717) is 29.7 Å². The molecule has 1 heterocycles. The van der Waals surface area contributed by atoms with Gasteiger partial charge >= 0.3 is 0 Å². The van der Waals surface area contributed by atoms with E-state index < -0.39 is 0 Å². The van der Waals surface area contributed by atoms with Crippen molar-refractivity contribution in [1.82, 2.24) is 0 Å². The van der Waals surface area contributed by atoms with Gasteiger partial charge in [0.15, 0.2) is 5.79 Å². The van der Waals surface area contributed by atoms with E-state index in [1.807, 2.05) is 13.8 Å². The van der Waals surface area contributed by atoms with Crippen molar-refractivity contribution < 1.29 is 14.6 Å².